The lowest BCUT2D eigenvalue weighted by atomic mass is 9.88. The Bertz CT molecular complexity index is 616. The molecular weight excluding hydrogens is 310 g/mol. The van der Waals surface area contributed by atoms with Crippen molar-refractivity contribution >= 4 is 12.0 Å². The third-order valence-electron chi connectivity index (χ3n) is 3.37. The van der Waals surface area contributed by atoms with Crippen molar-refractivity contribution in [1.82, 2.24) is 10.6 Å². The molecule has 1 heterocycles. The van der Waals surface area contributed by atoms with E-state index in [0.29, 0.717) is 0 Å². The van der Waals surface area contributed by atoms with Gasteiger partial charge in [0.2, 0.25) is 0 Å². The van der Waals surface area contributed by atoms with Gasteiger partial charge < -0.3 is 20.1 Å². The van der Waals surface area contributed by atoms with Crippen LogP contribution in [0, 0.1) is 17.6 Å². The first-order chi connectivity index (χ1) is 11.0. The van der Waals surface area contributed by atoms with Gasteiger partial charge in [-0.15, -0.1) is 0 Å². The van der Waals surface area contributed by atoms with Crippen molar-refractivity contribution in [2.75, 3.05) is 20.3 Å². The molecule has 1 fully saturated rings. The number of halogens is 2. The average Bonchev–Trinajstić information content (AvgIpc) is 2.46. The molecule has 1 aliphatic rings. The van der Waals surface area contributed by atoms with Crippen molar-refractivity contribution < 1.29 is 27.8 Å². The van der Waals surface area contributed by atoms with Gasteiger partial charge in [0.05, 0.1) is 12.6 Å². The summed E-state index contributed by atoms with van der Waals surface area (Å²) in [6.45, 7) is 3.72. The summed E-state index contributed by atoms with van der Waals surface area (Å²) in [7, 11) is 1.44. The smallest absolute Gasteiger partial charge is 0.319 e. The second-order valence-corrected chi connectivity index (χ2v) is 4.87. The van der Waals surface area contributed by atoms with Gasteiger partial charge in [0, 0.05) is 18.4 Å². The molecule has 1 aromatic carbocycles. The van der Waals surface area contributed by atoms with E-state index in [1.54, 1.807) is 0 Å². The predicted octanol–water partition coefficient (Wildman–Crippen LogP) is 1.64. The van der Waals surface area contributed by atoms with Crippen molar-refractivity contribution in [3.05, 3.63) is 47.7 Å². The van der Waals surface area contributed by atoms with Crippen LogP contribution in [0.3, 0.4) is 0 Å². The SMILES string of the molecule is C=C1NC(=O)N[C@@H](c2c(F)cccc2F)[C@H]1C(=O)OCCOC. The second-order valence-electron chi connectivity index (χ2n) is 4.87. The van der Waals surface area contributed by atoms with Crippen LogP contribution in [-0.4, -0.2) is 32.3 Å². The highest BCUT2D eigenvalue weighted by Gasteiger charge is 2.41. The minimum Gasteiger partial charge on any atom is -0.463 e. The average molecular weight is 326 g/mol. The second kappa shape index (κ2) is 7.19. The summed E-state index contributed by atoms with van der Waals surface area (Å²) in [6.07, 6.45) is 0. The first-order valence-electron chi connectivity index (χ1n) is 6.81. The number of nitrogens with one attached hydrogen (secondary N) is 2. The van der Waals surface area contributed by atoms with E-state index in [0.717, 1.165) is 12.1 Å². The van der Waals surface area contributed by atoms with E-state index in [9.17, 15) is 18.4 Å². The molecule has 1 saturated heterocycles. The number of benzene rings is 1. The summed E-state index contributed by atoms with van der Waals surface area (Å²) in [5, 5.41) is 4.66. The van der Waals surface area contributed by atoms with Gasteiger partial charge in [-0.3, -0.25) is 4.79 Å². The zero-order chi connectivity index (χ0) is 17.0. The van der Waals surface area contributed by atoms with E-state index in [2.05, 4.69) is 17.2 Å². The molecule has 0 unspecified atom stereocenters. The van der Waals surface area contributed by atoms with Crippen LogP contribution in [0.4, 0.5) is 13.6 Å². The van der Waals surface area contributed by atoms with Crippen LogP contribution in [0.5, 0.6) is 0 Å². The quantitative estimate of drug-likeness (QED) is 0.637. The Morgan fingerprint density at radius 3 is 2.57 bits per heavy atom. The minimum absolute atomic E-state index is 0.00354. The fourth-order valence-corrected chi connectivity index (χ4v) is 2.33. The van der Waals surface area contributed by atoms with Crippen LogP contribution in [0.2, 0.25) is 0 Å². The number of hydrogen-bond donors (Lipinski definition) is 2. The molecule has 0 bridgehead atoms. The highest BCUT2D eigenvalue weighted by Crippen LogP contribution is 2.33. The van der Waals surface area contributed by atoms with E-state index < -0.39 is 41.2 Å². The topological polar surface area (TPSA) is 76.7 Å². The van der Waals surface area contributed by atoms with Gasteiger partial charge in [-0.2, -0.15) is 0 Å². The Morgan fingerprint density at radius 2 is 1.96 bits per heavy atom. The summed E-state index contributed by atoms with van der Waals surface area (Å²) in [5.41, 5.74) is -0.416. The van der Waals surface area contributed by atoms with Gasteiger partial charge >= 0.3 is 12.0 Å². The van der Waals surface area contributed by atoms with E-state index >= 15 is 0 Å². The third-order valence-corrected chi connectivity index (χ3v) is 3.37. The van der Waals surface area contributed by atoms with Crippen LogP contribution in [0.15, 0.2) is 30.5 Å². The highest BCUT2D eigenvalue weighted by molar-refractivity contribution is 5.85. The van der Waals surface area contributed by atoms with Gasteiger partial charge in [0.25, 0.3) is 0 Å². The Morgan fingerprint density at radius 1 is 1.30 bits per heavy atom. The van der Waals surface area contributed by atoms with E-state index in [1.807, 2.05) is 0 Å². The van der Waals surface area contributed by atoms with Crippen molar-refractivity contribution in [2.24, 2.45) is 5.92 Å². The Hall–Kier alpha value is -2.48. The Labute approximate surface area is 131 Å². The van der Waals surface area contributed by atoms with Crippen molar-refractivity contribution in [3.8, 4) is 0 Å². The summed E-state index contributed by atoms with van der Waals surface area (Å²) in [4.78, 5) is 23.8. The molecule has 1 aliphatic heterocycles. The van der Waals surface area contributed by atoms with Crippen molar-refractivity contribution in [3.63, 3.8) is 0 Å². The Balaban J connectivity index is 2.34. The maximum Gasteiger partial charge on any atom is 0.319 e. The number of methoxy groups -OCH3 is 1. The maximum absolute atomic E-state index is 14.0. The summed E-state index contributed by atoms with van der Waals surface area (Å²) < 4.78 is 37.8. The Kier molecular flexibility index (Phi) is 5.28. The van der Waals surface area contributed by atoms with Gasteiger partial charge in [-0.1, -0.05) is 12.6 Å². The molecule has 2 N–H and O–H groups in total. The molecule has 124 valence electrons. The fourth-order valence-electron chi connectivity index (χ4n) is 2.33. The van der Waals surface area contributed by atoms with Gasteiger partial charge in [-0.25, -0.2) is 13.6 Å². The van der Waals surface area contributed by atoms with Crippen molar-refractivity contribution in [1.29, 1.82) is 0 Å². The molecule has 0 saturated carbocycles. The molecule has 2 atom stereocenters. The standard InChI is InChI=1S/C15H16F2N2O4/c1-8-11(14(20)23-7-6-22-2)13(19-15(21)18-8)12-9(16)4-3-5-10(12)17/h3-5,11,13H,1,6-7H2,2H3,(H2,18,19,21)/t11-,13+/m0/s1. The molecule has 0 aliphatic carbocycles. The number of carbonyl (C=O) groups excluding carboxylic acids is 2. The molecule has 0 spiro atoms. The van der Waals surface area contributed by atoms with Crippen molar-refractivity contribution in [2.45, 2.75) is 6.04 Å². The zero-order valence-electron chi connectivity index (χ0n) is 12.4. The summed E-state index contributed by atoms with van der Waals surface area (Å²) in [6, 6.07) is 1.32. The normalized spacial score (nSPS) is 20.7. The third kappa shape index (κ3) is 3.65. The molecule has 6 nitrogen and oxygen atoms in total. The van der Waals surface area contributed by atoms with Gasteiger partial charge in [0.1, 0.15) is 24.2 Å². The lowest BCUT2D eigenvalue weighted by Crippen LogP contribution is -2.51. The predicted molar refractivity (Wildman–Crippen MR) is 76.2 cm³/mol. The monoisotopic (exact) mass is 326 g/mol. The summed E-state index contributed by atoms with van der Waals surface area (Å²) in [5.74, 6) is -3.69. The minimum atomic E-state index is -1.26. The van der Waals surface area contributed by atoms with E-state index in [-0.39, 0.29) is 18.9 Å². The lowest BCUT2D eigenvalue weighted by molar-refractivity contribution is -0.149. The number of esters is 1. The molecule has 0 radical (unpaired) electrons. The molecule has 0 aromatic heterocycles. The van der Waals surface area contributed by atoms with E-state index in [4.69, 9.17) is 9.47 Å². The van der Waals surface area contributed by atoms with Gasteiger partial charge in [0.15, 0.2) is 0 Å². The number of hydrogen-bond acceptors (Lipinski definition) is 4. The number of ether oxygens (including phenoxy) is 2. The van der Waals surface area contributed by atoms with Crippen LogP contribution < -0.4 is 10.6 Å². The first kappa shape index (κ1) is 16.9. The number of carbonyl (C=O) groups is 2. The number of rotatable bonds is 5. The zero-order valence-corrected chi connectivity index (χ0v) is 12.4. The lowest BCUT2D eigenvalue weighted by Gasteiger charge is -2.33. The molecule has 2 rings (SSSR count). The van der Waals surface area contributed by atoms with Crippen LogP contribution in [0.1, 0.15) is 11.6 Å². The number of urea groups is 1. The van der Waals surface area contributed by atoms with E-state index in [1.165, 1.54) is 13.2 Å². The number of amides is 2. The van der Waals surface area contributed by atoms with Crippen LogP contribution in [-0.2, 0) is 14.3 Å². The fraction of sp³-hybridized carbons (Fsp3) is 0.333. The highest BCUT2D eigenvalue weighted by atomic mass is 19.1. The summed E-state index contributed by atoms with van der Waals surface area (Å²) >= 11 is 0. The largest absolute Gasteiger partial charge is 0.463 e. The van der Waals surface area contributed by atoms with Crippen LogP contribution >= 0.6 is 0 Å². The molecule has 1 aromatic rings. The maximum atomic E-state index is 14.0. The molecular formula is C15H16F2N2O4. The first-order valence-corrected chi connectivity index (χ1v) is 6.81. The molecule has 8 heteroatoms. The molecule has 2 amide bonds. The molecule has 23 heavy (non-hydrogen) atoms. The van der Waals surface area contributed by atoms with Crippen LogP contribution in [0.25, 0.3) is 0 Å². The van der Waals surface area contributed by atoms with Gasteiger partial charge in [-0.05, 0) is 12.1 Å².